The fourth-order valence-corrected chi connectivity index (χ4v) is 1.94. The lowest BCUT2D eigenvalue weighted by Crippen LogP contribution is -2.07. The summed E-state index contributed by atoms with van der Waals surface area (Å²) >= 11 is 0. The van der Waals surface area contributed by atoms with E-state index in [1.807, 2.05) is 6.07 Å². The highest BCUT2D eigenvalue weighted by Crippen LogP contribution is 2.27. The molecular weight excluding hydrogens is 294 g/mol. The molecule has 2 rings (SSSR count). The monoisotopic (exact) mass is 313 g/mol. The van der Waals surface area contributed by atoms with Crippen LogP contribution in [0.4, 0.5) is 11.4 Å². The number of carbonyl (C=O) groups is 1. The first-order valence-electron chi connectivity index (χ1n) is 7.13. The Bertz CT molecular complexity index is 699. The minimum atomic E-state index is -0.439. The maximum Gasteiger partial charge on any atom is 0.332 e. The van der Waals surface area contributed by atoms with E-state index in [2.05, 4.69) is 10.3 Å². The molecule has 0 radical (unpaired) electrons. The second-order valence-corrected chi connectivity index (χ2v) is 4.63. The number of aromatic nitrogens is 1. The van der Waals surface area contributed by atoms with Crippen molar-refractivity contribution in [1.82, 2.24) is 4.98 Å². The number of pyridine rings is 1. The number of nitrogens with one attached hydrogen (secondary N) is 1. The molecule has 23 heavy (non-hydrogen) atoms. The highest BCUT2D eigenvalue weighted by atomic mass is 16.5. The Morgan fingerprint density at radius 1 is 1.39 bits per heavy atom. The van der Waals surface area contributed by atoms with Crippen LogP contribution in [0.1, 0.15) is 12.5 Å². The lowest BCUT2D eigenvalue weighted by Gasteiger charge is -2.14. The van der Waals surface area contributed by atoms with Crippen LogP contribution in [0.15, 0.2) is 48.8 Å². The average Bonchev–Trinajstić information content (AvgIpc) is 2.57. The van der Waals surface area contributed by atoms with Gasteiger partial charge in [-0.15, -0.1) is 0 Å². The molecule has 0 saturated carbocycles. The fourth-order valence-electron chi connectivity index (χ4n) is 1.94. The van der Waals surface area contributed by atoms with Gasteiger partial charge in [-0.1, -0.05) is 0 Å². The van der Waals surface area contributed by atoms with Crippen molar-refractivity contribution in [1.29, 1.82) is 0 Å². The number of nitrogens with zero attached hydrogens (tertiary/aromatic N) is 1. The third-order valence-electron chi connectivity index (χ3n) is 3.05. The summed E-state index contributed by atoms with van der Waals surface area (Å²) in [6.07, 6.45) is 4.69. The third kappa shape index (κ3) is 4.47. The van der Waals surface area contributed by atoms with Crippen LogP contribution in [0.3, 0.4) is 0 Å². The molecule has 0 atom stereocenters. The van der Waals surface area contributed by atoms with Gasteiger partial charge in [-0.05, 0) is 31.2 Å². The van der Waals surface area contributed by atoms with Gasteiger partial charge in [-0.3, -0.25) is 4.98 Å². The molecule has 2 aromatic rings. The van der Waals surface area contributed by atoms with Crippen LogP contribution in [-0.4, -0.2) is 24.7 Å². The van der Waals surface area contributed by atoms with Crippen molar-refractivity contribution >= 4 is 23.0 Å². The topological polar surface area (TPSA) is 86.5 Å². The van der Waals surface area contributed by atoms with E-state index in [1.54, 1.807) is 50.7 Å². The molecule has 0 unspecified atom stereocenters. The van der Waals surface area contributed by atoms with Gasteiger partial charge in [0.05, 0.1) is 30.8 Å². The molecule has 1 aromatic carbocycles. The molecule has 0 spiro atoms. The van der Waals surface area contributed by atoms with Crippen LogP contribution in [0.2, 0.25) is 0 Å². The largest absolute Gasteiger partial charge is 0.497 e. The summed E-state index contributed by atoms with van der Waals surface area (Å²) < 4.78 is 10.1. The molecule has 0 bridgehead atoms. The summed E-state index contributed by atoms with van der Waals surface area (Å²) in [4.78, 5) is 15.9. The lowest BCUT2D eigenvalue weighted by atomic mass is 10.1. The van der Waals surface area contributed by atoms with E-state index in [4.69, 9.17) is 15.2 Å². The van der Waals surface area contributed by atoms with Crippen molar-refractivity contribution in [2.24, 2.45) is 0 Å². The first kappa shape index (κ1) is 16.4. The van der Waals surface area contributed by atoms with Gasteiger partial charge in [0, 0.05) is 30.1 Å². The zero-order chi connectivity index (χ0) is 16.7. The second kappa shape index (κ2) is 7.84. The number of nitrogen functional groups attached to an aromatic ring is 1. The smallest absolute Gasteiger partial charge is 0.332 e. The van der Waals surface area contributed by atoms with E-state index in [9.17, 15) is 4.79 Å². The Morgan fingerprint density at radius 3 is 2.83 bits per heavy atom. The van der Waals surface area contributed by atoms with Gasteiger partial charge in [0.25, 0.3) is 0 Å². The molecular formula is C17H19N3O3. The van der Waals surface area contributed by atoms with Gasteiger partial charge in [0.15, 0.2) is 0 Å². The fraction of sp³-hybridized carbons (Fsp3) is 0.176. The van der Waals surface area contributed by atoms with E-state index in [1.165, 1.54) is 6.08 Å². The van der Waals surface area contributed by atoms with Gasteiger partial charge in [0.1, 0.15) is 5.75 Å². The predicted molar refractivity (Wildman–Crippen MR) is 89.9 cm³/mol. The van der Waals surface area contributed by atoms with E-state index >= 15 is 0 Å². The summed E-state index contributed by atoms with van der Waals surface area (Å²) in [6, 6.07) is 8.89. The van der Waals surface area contributed by atoms with Crippen molar-refractivity contribution in [3.05, 3.63) is 54.4 Å². The molecule has 6 nitrogen and oxygen atoms in total. The molecule has 0 aliphatic heterocycles. The summed E-state index contributed by atoms with van der Waals surface area (Å²) in [5.41, 5.74) is 8.47. The van der Waals surface area contributed by atoms with Crippen molar-refractivity contribution in [3.63, 3.8) is 0 Å². The van der Waals surface area contributed by atoms with Gasteiger partial charge in [0.2, 0.25) is 0 Å². The zero-order valence-corrected chi connectivity index (χ0v) is 13.1. The van der Waals surface area contributed by atoms with Crippen LogP contribution in [-0.2, 0) is 9.53 Å². The predicted octanol–water partition coefficient (Wildman–Crippen LogP) is 2.69. The second-order valence-electron chi connectivity index (χ2n) is 4.63. The molecule has 1 heterocycles. The molecule has 0 fully saturated rings. The molecule has 0 saturated heterocycles. The molecule has 120 valence electrons. The summed E-state index contributed by atoms with van der Waals surface area (Å²) in [7, 11) is 1.57. The van der Waals surface area contributed by atoms with Gasteiger partial charge in [-0.25, -0.2) is 4.79 Å². The van der Waals surface area contributed by atoms with E-state index in [0.29, 0.717) is 29.4 Å². The summed E-state index contributed by atoms with van der Waals surface area (Å²) in [5, 5.41) is 3.14. The van der Waals surface area contributed by atoms with Gasteiger partial charge < -0.3 is 20.5 Å². The van der Waals surface area contributed by atoms with Crippen molar-refractivity contribution in [2.45, 2.75) is 6.92 Å². The summed E-state index contributed by atoms with van der Waals surface area (Å²) in [6.45, 7) is 2.06. The number of benzene rings is 1. The molecule has 1 aromatic heterocycles. The first-order chi connectivity index (χ1) is 11.1. The number of hydrogen-bond acceptors (Lipinski definition) is 6. The van der Waals surface area contributed by atoms with Crippen LogP contribution in [0.25, 0.3) is 5.70 Å². The quantitative estimate of drug-likeness (QED) is 0.484. The molecule has 0 aliphatic carbocycles. The number of hydrogen-bond donors (Lipinski definition) is 2. The van der Waals surface area contributed by atoms with Crippen LogP contribution < -0.4 is 15.8 Å². The van der Waals surface area contributed by atoms with Crippen LogP contribution in [0, 0.1) is 0 Å². The van der Waals surface area contributed by atoms with Crippen molar-refractivity contribution in [2.75, 3.05) is 24.8 Å². The number of esters is 1. The number of anilines is 2. The Kier molecular flexibility index (Phi) is 5.57. The Morgan fingerprint density at radius 2 is 2.22 bits per heavy atom. The first-order valence-corrected chi connectivity index (χ1v) is 7.13. The van der Waals surface area contributed by atoms with Crippen LogP contribution in [0.5, 0.6) is 5.75 Å². The third-order valence-corrected chi connectivity index (χ3v) is 3.05. The maximum absolute atomic E-state index is 11.8. The number of rotatable bonds is 6. The number of ether oxygens (including phenoxy) is 2. The zero-order valence-electron chi connectivity index (χ0n) is 13.1. The van der Waals surface area contributed by atoms with Gasteiger partial charge in [-0.2, -0.15) is 0 Å². The minimum absolute atomic E-state index is 0.306. The highest BCUT2D eigenvalue weighted by molar-refractivity contribution is 5.95. The Hall–Kier alpha value is -3.02. The van der Waals surface area contributed by atoms with E-state index in [-0.39, 0.29) is 0 Å². The standard InChI is InChI=1S/C17H19N3O3/c1-3-23-17(21)10-16(12-5-4-8-19-11-12)20-15-7-6-13(22-2)9-14(15)18/h4-11,20H,3,18H2,1-2H3/b16-10+. The molecule has 6 heteroatoms. The molecule has 3 N–H and O–H groups in total. The number of carbonyl (C=O) groups excluding carboxylic acids is 1. The molecule has 0 aliphatic rings. The number of methoxy groups -OCH3 is 1. The maximum atomic E-state index is 11.8. The Labute approximate surface area is 134 Å². The Balaban J connectivity index is 2.33. The van der Waals surface area contributed by atoms with Gasteiger partial charge >= 0.3 is 5.97 Å². The lowest BCUT2D eigenvalue weighted by molar-refractivity contribution is -0.137. The molecule has 0 amide bonds. The SMILES string of the molecule is CCOC(=O)/C=C(/Nc1ccc(OC)cc1N)c1cccnc1. The van der Waals surface area contributed by atoms with E-state index in [0.717, 1.165) is 5.56 Å². The highest BCUT2D eigenvalue weighted by Gasteiger charge is 2.09. The normalized spacial score (nSPS) is 11.0. The number of nitrogens with two attached hydrogens (primary N) is 1. The van der Waals surface area contributed by atoms with Crippen LogP contribution >= 0.6 is 0 Å². The average molecular weight is 313 g/mol. The van der Waals surface area contributed by atoms with Crippen molar-refractivity contribution in [3.8, 4) is 5.75 Å². The van der Waals surface area contributed by atoms with Crippen molar-refractivity contribution < 1.29 is 14.3 Å². The summed E-state index contributed by atoms with van der Waals surface area (Å²) in [5.74, 6) is 0.219. The minimum Gasteiger partial charge on any atom is -0.497 e. The van der Waals surface area contributed by atoms with E-state index < -0.39 is 5.97 Å².